The van der Waals surface area contributed by atoms with Gasteiger partial charge in [-0.1, -0.05) is 27.7 Å². The van der Waals surface area contributed by atoms with Gasteiger partial charge in [-0.25, -0.2) is 0 Å². The van der Waals surface area contributed by atoms with Gasteiger partial charge in [-0.15, -0.1) is 0 Å². The van der Waals surface area contributed by atoms with Gasteiger partial charge < -0.3 is 21.1 Å². The maximum atomic E-state index is 12.8. The number of likely N-dealkylation sites (tertiary alicyclic amines) is 1. The highest BCUT2D eigenvalue weighted by atomic mass is 19.4. The largest absolute Gasteiger partial charge is 0.416 e. The van der Waals surface area contributed by atoms with Gasteiger partial charge in [0.15, 0.2) is 6.10 Å². The zero-order chi connectivity index (χ0) is 19.5. The summed E-state index contributed by atoms with van der Waals surface area (Å²) >= 11 is 0. The van der Waals surface area contributed by atoms with Crippen molar-refractivity contribution < 1.29 is 27.9 Å². The first-order valence-electron chi connectivity index (χ1n) is 8.49. The molecule has 0 aromatic rings. The van der Waals surface area contributed by atoms with Crippen LogP contribution in [0.1, 0.15) is 40.5 Å². The number of alkyl halides is 3. The summed E-state index contributed by atoms with van der Waals surface area (Å²) in [7, 11) is 0. The quantitative estimate of drug-likeness (QED) is 0.653. The molecule has 6 nitrogen and oxygen atoms in total. The van der Waals surface area contributed by atoms with E-state index in [-0.39, 0.29) is 11.8 Å². The zero-order valence-electron chi connectivity index (χ0n) is 15.0. The second kappa shape index (κ2) is 8.35. The summed E-state index contributed by atoms with van der Waals surface area (Å²) < 4.78 is 38.4. The van der Waals surface area contributed by atoms with E-state index < -0.39 is 42.2 Å². The maximum Gasteiger partial charge on any atom is 0.416 e. The first kappa shape index (κ1) is 21.7. The van der Waals surface area contributed by atoms with Crippen molar-refractivity contribution >= 4 is 11.8 Å². The van der Waals surface area contributed by atoms with Crippen molar-refractivity contribution in [3.8, 4) is 0 Å². The van der Waals surface area contributed by atoms with Crippen LogP contribution in [0.5, 0.6) is 0 Å². The lowest BCUT2D eigenvalue weighted by molar-refractivity contribution is -0.215. The monoisotopic (exact) mass is 367 g/mol. The number of nitrogens with one attached hydrogen (secondary N) is 1. The Morgan fingerprint density at radius 2 is 1.76 bits per heavy atom. The molecule has 0 bridgehead atoms. The van der Waals surface area contributed by atoms with Crippen molar-refractivity contribution in [1.82, 2.24) is 10.2 Å². The van der Waals surface area contributed by atoms with E-state index in [0.29, 0.717) is 19.4 Å². The number of amides is 2. The molecule has 1 rings (SSSR count). The fraction of sp³-hybridized carbons (Fsp3) is 0.875. The van der Waals surface area contributed by atoms with Gasteiger partial charge in [-0.2, -0.15) is 13.2 Å². The van der Waals surface area contributed by atoms with E-state index in [1.165, 1.54) is 18.7 Å². The molecule has 0 radical (unpaired) electrons. The summed E-state index contributed by atoms with van der Waals surface area (Å²) in [6.07, 6.45) is -6.58. The smallest absolute Gasteiger partial charge is 0.382 e. The minimum Gasteiger partial charge on any atom is -0.382 e. The maximum absolute atomic E-state index is 12.8. The van der Waals surface area contributed by atoms with Crippen LogP contribution in [0, 0.1) is 11.8 Å². The molecule has 0 spiro atoms. The highest BCUT2D eigenvalue weighted by Crippen LogP contribution is 2.26. The Labute approximate surface area is 145 Å². The molecule has 4 atom stereocenters. The molecule has 2 amide bonds. The number of nitrogens with two attached hydrogens (primary N) is 1. The van der Waals surface area contributed by atoms with Gasteiger partial charge in [0.05, 0.1) is 12.1 Å². The fourth-order valence-corrected chi connectivity index (χ4v) is 2.85. The molecule has 4 N–H and O–H groups in total. The Kier molecular flexibility index (Phi) is 7.25. The van der Waals surface area contributed by atoms with Crippen LogP contribution in [0.2, 0.25) is 0 Å². The third-order valence-electron chi connectivity index (χ3n) is 4.54. The summed E-state index contributed by atoms with van der Waals surface area (Å²) in [5.41, 5.74) is 5.85. The minimum atomic E-state index is -4.84. The van der Waals surface area contributed by atoms with E-state index in [1.807, 2.05) is 0 Å². The number of hydrogen-bond acceptors (Lipinski definition) is 4. The Morgan fingerprint density at radius 3 is 2.20 bits per heavy atom. The number of nitrogens with zero attached hydrogens (tertiary/aromatic N) is 1. The van der Waals surface area contributed by atoms with Crippen molar-refractivity contribution in [1.29, 1.82) is 0 Å². The summed E-state index contributed by atoms with van der Waals surface area (Å²) in [6, 6.07) is -3.11. The van der Waals surface area contributed by atoms with Crippen LogP contribution in [0.25, 0.3) is 0 Å². The van der Waals surface area contributed by atoms with Gasteiger partial charge in [0.1, 0.15) is 6.04 Å². The van der Waals surface area contributed by atoms with E-state index in [2.05, 4.69) is 5.32 Å². The fourth-order valence-electron chi connectivity index (χ4n) is 2.85. The zero-order valence-corrected chi connectivity index (χ0v) is 15.0. The molecular formula is C16H28F3N3O3. The van der Waals surface area contributed by atoms with Crippen LogP contribution in [-0.2, 0) is 9.59 Å². The number of carbonyl (C=O) groups excluding carboxylic acids is 2. The Bertz CT molecular complexity index is 483. The van der Waals surface area contributed by atoms with Crippen LogP contribution >= 0.6 is 0 Å². The number of hydrogen-bond donors (Lipinski definition) is 3. The molecule has 1 saturated heterocycles. The topological polar surface area (TPSA) is 95.7 Å². The average Bonchev–Trinajstić information content (AvgIpc) is 2.98. The van der Waals surface area contributed by atoms with Gasteiger partial charge in [0.25, 0.3) is 0 Å². The molecule has 0 aromatic heterocycles. The molecule has 9 heteroatoms. The molecule has 1 fully saturated rings. The molecular weight excluding hydrogens is 339 g/mol. The SMILES string of the molecule is CC(C)C(NC(=O)C1CCCN1C(=O)[C@@H](N)C(C)C)C(O)C(F)(F)F. The predicted octanol–water partition coefficient (Wildman–Crippen LogP) is 1.02. The first-order valence-corrected chi connectivity index (χ1v) is 8.49. The van der Waals surface area contributed by atoms with Gasteiger partial charge >= 0.3 is 6.18 Å². The Morgan fingerprint density at radius 1 is 1.20 bits per heavy atom. The number of aliphatic hydroxyl groups excluding tert-OH is 1. The van der Waals surface area contributed by atoms with E-state index in [1.54, 1.807) is 13.8 Å². The van der Waals surface area contributed by atoms with Crippen molar-refractivity contribution in [3.05, 3.63) is 0 Å². The standard InChI is InChI=1S/C16H28F3N3O3/c1-8(2)11(20)15(25)22-7-5-6-10(22)14(24)21-12(9(3)4)13(23)16(17,18)19/h8-13,23H,5-7,20H2,1-4H3,(H,21,24)/t10?,11-,12?,13?/m0/s1. The van der Waals surface area contributed by atoms with E-state index in [4.69, 9.17) is 5.73 Å². The minimum absolute atomic E-state index is 0.118. The number of aliphatic hydroxyl groups is 1. The van der Waals surface area contributed by atoms with E-state index in [9.17, 15) is 27.9 Å². The van der Waals surface area contributed by atoms with E-state index >= 15 is 0 Å². The van der Waals surface area contributed by atoms with Gasteiger partial charge in [0.2, 0.25) is 11.8 Å². The summed E-state index contributed by atoms with van der Waals surface area (Å²) in [5, 5.41) is 11.8. The van der Waals surface area contributed by atoms with Crippen LogP contribution in [0.4, 0.5) is 13.2 Å². The highest BCUT2D eigenvalue weighted by Gasteiger charge is 2.46. The van der Waals surface area contributed by atoms with E-state index in [0.717, 1.165) is 0 Å². The van der Waals surface area contributed by atoms with Crippen molar-refractivity contribution in [2.45, 2.75) is 70.9 Å². The van der Waals surface area contributed by atoms with Crippen molar-refractivity contribution in [2.75, 3.05) is 6.54 Å². The van der Waals surface area contributed by atoms with Crippen LogP contribution in [0.3, 0.4) is 0 Å². The van der Waals surface area contributed by atoms with Gasteiger partial charge in [-0.05, 0) is 24.7 Å². The molecule has 25 heavy (non-hydrogen) atoms. The lowest BCUT2D eigenvalue weighted by Crippen LogP contribution is -2.58. The molecule has 1 aliphatic rings. The first-order chi connectivity index (χ1) is 11.4. The lowest BCUT2D eigenvalue weighted by atomic mass is 9.97. The third kappa shape index (κ3) is 5.31. The summed E-state index contributed by atoms with van der Waals surface area (Å²) in [4.78, 5) is 26.2. The molecule has 3 unspecified atom stereocenters. The summed E-state index contributed by atoms with van der Waals surface area (Å²) in [6.45, 7) is 6.86. The number of carbonyl (C=O) groups is 2. The normalized spacial score (nSPS) is 22.2. The average molecular weight is 367 g/mol. The second-order valence-electron chi connectivity index (χ2n) is 7.22. The van der Waals surface area contributed by atoms with Crippen LogP contribution in [0.15, 0.2) is 0 Å². The second-order valence-corrected chi connectivity index (χ2v) is 7.22. The molecule has 146 valence electrons. The molecule has 1 aliphatic heterocycles. The number of rotatable bonds is 6. The van der Waals surface area contributed by atoms with Crippen molar-refractivity contribution in [2.24, 2.45) is 17.6 Å². The Balaban J connectivity index is 2.88. The van der Waals surface area contributed by atoms with Gasteiger partial charge in [0, 0.05) is 6.54 Å². The van der Waals surface area contributed by atoms with Crippen LogP contribution < -0.4 is 11.1 Å². The molecule has 0 saturated carbocycles. The highest BCUT2D eigenvalue weighted by molar-refractivity contribution is 5.90. The number of halogens is 3. The molecule has 0 aliphatic carbocycles. The lowest BCUT2D eigenvalue weighted by Gasteiger charge is -2.32. The third-order valence-corrected chi connectivity index (χ3v) is 4.54. The van der Waals surface area contributed by atoms with Gasteiger partial charge in [-0.3, -0.25) is 9.59 Å². The van der Waals surface area contributed by atoms with Crippen molar-refractivity contribution in [3.63, 3.8) is 0 Å². The predicted molar refractivity (Wildman–Crippen MR) is 86.4 cm³/mol. The summed E-state index contributed by atoms with van der Waals surface area (Å²) in [5.74, 6) is -1.83. The Hall–Kier alpha value is -1.35. The molecule has 1 heterocycles. The van der Waals surface area contributed by atoms with Crippen LogP contribution in [-0.4, -0.2) is 58.8 Å². The molecule has 0 aromatic carbocycles.